The highest BCUT2D eigenvalue weighted by molar-refractivity contribution is 7.10. The first-order chi connectivity index (χ1) is 18.1. The van der Waals surface area contributed by atoms with Gasteiger partial charge >= 0.3 is 6.18 Å². The predicted molar refractivity (Wildman–Crippen MR) is 129 cm³/mol. The maximum atomic E-state index is 14.1. The lowest BCUT2D eigenvalue weighted by molar-refractivity contribution is -0.141. The van der Waals surface area contributed by atoms with E-state index < -0.39 is 29.6 Å². The Bertz CT molecular complexity index is 1340. The Labute approximate surface area is 218 Å². The summed E-state index contributed by atoms with van der Waals surface area (Å²) in [5, 5.41) is 10.3. The number of halogens is 5. The van der Waals surface area contributed by atoms with Crippen molar-refractivity contribution < 1.29 is 31.6 Å². The molecule has 1 unspecified atom stereocenters. The number of nitrogens with zero attached hydrogens (tertiary/aromatic N) is 5. The fourth-order valence-electron chi connectivity index (χ4n) is 4.72. The Morgan fingerprint density at radius 3 is 2.55 bits per heavy atom. The number of hydrogen-bond acceptors (Lipinski definition) is 6. The van der Waals surface area contributed by atoms with Crippen LogP contribution in [0.15, 0.2) is 34.8 Å². The van der Waals surface area contributed by atoms with Crippen molar-refractivity contribution in [3.63, 3.8) is 0 Å². The summed E-state index contributed by atoms with van der Waals surface area (Å²) in [6.07, 6.45) is -3.71. The van der Waals surface area contributed by atoms with E-state index in [1.807, 2.05) is 5.38 Å². The Morgan fingerprint density at radius 2 is 1.89 bits per heavy atom. The standard InChI is InChI=1S/C25H24F5N5O2S/c1-14-11-21(25(28,29)30)32-35(14)10-7-22(36)34-8-5-15(6-9-34)24-31-19(13-38-24)18-12-20(37-33-18)23-16(26)3-2-4-17(23)27/h2-4,11,13,15,20H,5-10,12H2,1H3. The lowest BCUT2D eigenvalue weighted by atomic mass is 9.97. The van der Waals surface area contributed by atoms with Crippen LogP contribution in [0.25, 0.3) is 0 Å². The van der Waals surface area contributed by atoms with Crippen molar-refractivity contribution in [3.8, 4) is 0 Å². The molecule has 4 heterocycles. The Hall–Kier alpha value is -3.35. The van der Waals surface area contributed by atoms with Crippen LogP contribution >= 0.6 is 11.3 Å². The van der Waals surface area contributed by atoms with Crippen molar-refractivity contribution in [2.24, 2.45) is 5.16 Å². The van der Waals surface area contributed by atoms with Gasteiger partial charge in [-0.1, -0.05) is 11.2 Å². The number of carbonyl (C=O) groups is 1. The van der Waals surface area contributed by atoms with E-state index in [9.17, 15) is 26.7 Å². The summed E-state index contributed by atoms with van der Waals surface area (Å²) >= 11 is 1.47. The van der Waals surface area contributed by atoms with Crippen molar-refractivity contribution >= 4 is 23.0 Å². The highest BCUT2D eigenvalue weighted by atomic mass is 32.1. The highest BCUT2D eigenvalue weighted by Crippen LogP contribution is 2.35. The first-order valence-electron chi connectivity index (χ1n) is 12.1. The number of alkyl halides is 3. The van der Waals surface area contributed by atoms with Crippen LogP contribution < -0.4 is 0 Å². The molecule has 1 atom stereocenters. The molecule has 1 saturated heterocycles. The summed E-state index contributed by atoms with van der Waals surface area (Å²) in [6.45, 7) is 2.65. The minimum atomic E-state index is -4.52. The maximum Gasteiger partial charge on any atom is 0.435 e. The number of piperidine rings is 1. The summed E-state index contributed by atoms with van der Waals surface area (Å²) in [7, 11) is 0. The van der Waals surface area contributed by atoms with E-state index in [1.165, 1.54) is 41.1 Å². The van der Waals surface area contributed by atoms with E-state index >= 15 is 0 Å². The molecule has 3 aromatic rings. The molecule has 0 radical (unpaired) electrons. The molecular weight excluding hydrogens is 529 g/mol. The van der Waals surface area contributed by atoms with Gasteiger partial charge in [0.2, 0.25) is 5.91 Å². The van der Waals surface area contributed by atoms with Crippen LogP contribution in [-0.4, -0.2) is 44.4 Å². The third-order valence-electron chi connectivity index (χ3n) is 6.81. The van der Waals surface area contributed by atoms with Gasteiger partial charge in [0, 0.05) is 49.5 Å². The molecule has 5 rings (SSSR count). The number of aromatic nitrogens is 3. The molecule has 0 spiro atoms. The Morgan fingerprint density at radius 1 is 1.18 bits per heavy atom. The number of oxime groups is 1. The van der Waals surface area contributed by atoms with Crippen LogP contribution in [0.4, 0.5) is 22.0 Å². The number of hydrogen-bond donors (Lipinski definition) is 0. The molecule has 1 fully saturated rings. The molecule has 0 bridgehead atoms. The van der Waals surface area contributed by atoms with Gasteiger partial charge in [0.05, 0.1) is 16.3 Å². The molecule has 13 heteroatoms. The van der Waals surface area contributed by atoms with Gasteiger partial charge in [-0.25, -0.2) is 13.8 Å². The quantitative estimate of drug-likeness (QED) is 0.372. The van der Waals surface area contributed by atoms with Crippen molar-refractivity contribution in [2.75, 3.05) is 13.1 Å². The summed E-state index contributed by atoms with van der Waals surface area (Å²) in [4.78, 5) is 24.4. The second-order valence-electron chi connectivity index (χ2n) is 9.34. The number of thiazole rings is 1. The number of rotatable bonds is 6. The van der Waals surface area contributed by atoms with Crippen LogP contribution in [0.3, 0.4) is 0 Å². The zero-order valence-electron chi connectivity index (χ0n) is 20.3. The van der Waals surface area contributed by atoms with Gasteiger partial charge in [0.1, 0.15) is 17.3 Å². The second-order valence-corrected chi connectivity index (χ2v) is 10.2. The minimum Gasteiger partial charge on any atom is -0.387 e. The van der Waals surface area contributed by atoms with Gasteiger partial charge in [-0.15, -0.1) is 11.3 Å². The Kier molecular flexibility index (Phi) is 7.21. The molecule has 0 aliphatic carbocycles. The summed E-state index contributed by atoms with van der Waals surface area (Å²) in [6, 6.07) is 4.63. The van der Waals surface area contributed by atoms with Crippen molar-refractivity contribution in [1.82, 2.24) is 19.7 Å². The third-order valence-corrected chi connectivity index (χ3v) is 7.82. The molecular formula is C25H24F5N5O2S. The fraction of sp³-hybridized carbons (Fsp3) is 0.440. The smallest absolute Gasteiger partial charge is 0.387 e. The average Bonchev–Trinajstić information content (AvgIpc) is 3.62. The van der Waals surface area contributed by atoms with E-state index in [0.717, 1.165) is 11.1 Å². The number of carbonyl (C=O) groups excluding carboxylic acids is 1. The van der Waals surface area contributed by atoms with Gasteiger partial charge in [-0.2, -0.15) is 18.3 Å². The summed E-state index contributed by atoms with van der Waals surface area (Å²) in [5.74, 6) is -1.35. The summed E-state index contributed by atoms with van der Waals surface area (Å²) in [5.41, 5.74) is 0.371. The molecule has 202 valence electrons. The first kappa shape index (κ1) is 26.3. The zero-order chi connectivity index (χ0) is 27.0. The molecule has 0 N–H and O–H groups in total. The molecule has 1 aromatic carbocycles. The van der Waals surface area contributed by atoms with Crippen LogP contribution in [-0.2, 0) is 22.4 Å². The van der Waals surface area contributed by atoms with Gasteiger partial charge in [-0.05, 0) is 38.0 Å². The highest BCUT2D eigenvalue weighted by Gasteiger charge is 2.35. The molecule has 2 aliphatic heterocycles. The van der Waals surface area contributed by atoms with E-state index in [4.69, 9.17) is 4.84 Å². The minimum absolute atomic E-state index is 0.0650. The average molecular weight is 554 g/mol. The SMILES string of the molecule is Cc1cc(C(F)(F)F)nn1CCC(=O)N1CCC(c2nc(C3=NOC(c4c(F)cccc4F)C3)cs2)CC1. The number of benzene rings is 1. The van der Waals surface area contributed by atoms with Gasteiger partial charge in [-0.3, -0.25) is 9.48 Å². The van der Waals surface area contributed by atoms with Gasteiger partial charge in [0.15, 0.2) is 11.8 Å². The van der Waals surface area contributed by atoms with Gasteiger partial charge < -0.3 is 9.74 Å². The monoisotopic (exact) mass is 553 g/mol. The fourth-order valence-corrected chi connectivity index (χ4v) is 5.72. The van der Waals surface area contributed by atoms with E-state index in [2.05, 4.69) is 15.2 Å². The molecule has 2 aromatic heterocycles. The van der Waals surface area contributed by atoms with Crippen LogP contribution in [0.1, 0.15) is 65.4 Å². The van der Waals surface area contributed by atoms with Crippen LogP contribution in [0.2, 0.25) is 0 Å². The lowest BCUT2D eigenvalue weighted by Gasteiger charge is -2.31. The lowest BCUT2D eigenvalue weighted by Crippen LogP contribution is -2.38. The number of aryl methyl sites for hydroxylation is 2. The topological polar surface area (TPSA) is 72.6 Å². The molecule has 1 amide bonds. The molecule has 0 saturated carbocycles. The van der Waals surface area contributed by atoms with E-state index in [1.54, 1.807) is 4.90 Å². The van der Waals surface area contributed by atoms with Crippen LogP contribution in [0, 0.1) is 18.6 Å². The van der Waals surface area contributed by atoms with Gasteiger partial charge in [0.25, 0.3) is 0 Å². The first-order valence-corrected chi connectivity index (χ1v) is 13.0. The normalized spacial score (nSPS) is 18.5. The maximum absolute atomic E-state index is 14.1. The summed E-state index contributed by atoms with van der Waals surface area (Å²) < 4.78 is 68.0. The zero-order valence-corrected chi connectivity index (χ0v) is 21.2. The van der Waals surface area contributed by atoms with Crippen molar-refractivity contribution in [3.05, 3.63) is 68.9 Å². The number of likely N-dealkylation sites (tertiary alicyclic amines) is 1. The Balaban J connectivity index is 1.13. The van der Waals surface area contributed by atoms with Crippen LogP contribution in [0.5, 0.6) is 0 Å². The van der Waals surface area contributed by atoms with E-state index in [0.29, 0.717) is 43.0 Å². The molecule has 38 heavy (non-hydrogen) atoms. The van der Waals surface area contributed by atoms with Crippen molar-refractivity contribution in [1.29, 1.82) is 0 Å². The predicted octanol–water partition coefficient (Wildman–Crippen LogP) is 5.61. The molecule has 2 aliphatic rings. The van der Waals surface area contributed by atoms with Crippen molar-refractivity contribution in [2.45, 2.75) is 57.3 Å². The largest absolute Gasteiger partial charge is 0.435 e. The third kappa shape index (κ3) is 5.42. The van der Waals surface area contributed by atoms with E-state index in [-0.39, 0.29) is 36.8 Å². The second kappa shape index (κ2) is 10.4. The number of amides is 1. The molecule has 7 nitrogen and oxygen atoms in total.